The third-order valence-electron chi connectivity index (χ3n) is 2.86. The highest BCUT2D eigenvalue weighted by atomic mass is 16.5. The summed E-state index contributed by atoms with van der Waals surface area (Å²) in [6, 6.07) is 6.49. The van der Waals surface area contributed by atoms with Crippen molar-refractivity contribution < 1.29 is 14.6 Å². The molecule has 0 aliphatic rings. The van der Waals surface area contributed by atoms with Gasteiger partial charge >= 0.3 is 0 Å². The highest BCUT2D eigenvalue weighted by molar-refractivity contribution is 5.34. The van der Waals surface area contributed by atoms with E-state index in [0.29, 0.717) is 12.4 Å². The van der Waals surface area contributed by atoms with Crippen LogP contribution in [0.1, 0.15) is 25.5 Å². The Labute approximate surface area is 133 Å². The molecule has 0 saturated carbocycles. The van der Waals surface area contributed by atoms with E-state index in [0.717, 1.165) is 11.1 Å². The van der Waals surface area contributed by atoms with E-state index in [1.54, 1.807) is 50.6 Å². The zero-order valence-electron chi connectivity index (χ0n) is 13.9. The van der Waals surface area contributed by atoms with E-state index in [1.807, 2.05) is 19.9 Å². The molecule has 1 rings (SSSR count). The zero-order valence-corrected chi connectivity index (χ0v) is 13.9. The Hall–Kier alpha value is -2.04. The molecular formula is C18H27NO3. The third-order valence-corrected chi connectivity index (χ3v) is 2.86. The largest absolute Gasteiger partial charge is 0.508 e. The van der Waals surface area contributed by atoms with Gasteiger partial charge in [-0.25, -0.2) is 0 Å². The molecule has 122 valence electrons. The fraction of sp³-hybridized carbons (Fsp3) is 0.333. The van der Waals surface area contributed by atoms with Gasteiger partial charge in [-0.2, -0.15) is 0 Å². The van der Waals surface area contributed by atoms with Crippen LogP contribution >= 0.6 is 0 Å². The molecule has 0 heterocycles. The summed E-state index contributed by atoms with van der Waals surface area (Å²) < 4.78 is 10.3. The Balaban J connectivity index is 0.00000211. The molecule has 4 heteroatoms. The fourth-order valence-corrected chi connectivity index (χ4v) is 1.71. The van der Waals surface area contributed by atoms with Gasteiger partial charge in [-0.3, -0.25) is 0 Å². The lowest BCUT2D eigenvalue weighted by atomic mass is 9.99. The first-order valence-electron chi connectivity index (χ1n) is 7.23. The van der Waals surface area contributed by atoms with Crippen LogP contribution in [-0.2, 0) is 9.47 Å². The van der Waals surface area contributed by atoms with E-state index < -0.39 is 0 Å². The summed E-state index contributed by atoms with van der Waals surface area (Å²) in [6.45, 7) is 8.07. The third kappa shape index (κ3) is 6.61. The van der Waals surface area contributed by atoms with Crippen LogP contribution in [0.2, 0.25) is 0 Å². The topological polar surface area (TPSA) is 64.7 Å². The van der Waals surface area contributed by atoms with Gasteiger partial charge in [-0.15, -0.1) is 0 Å². The Morgan fingerprint density at radius 2 is 1.82 bits per heavy atom. The van der Waals surface area contributed by atoms with Crippen molar-refractivity contribution in [2.45, 2.75) is 19.9 Å². The minimum absolute atomic E-state index is 0.214. The molecule has 4 nitrogen and oxygen atoms in total. The molecule has 0 amide bonds. The van der Waals surface area contributed by atoms with Crippen molar-refractivity contribution in [2.75, 3.05) is 20.8 Å². The Morgan fingerprint density at radius 1 is 1.23 bits per heavy atom. The smallest absolute Gasteiger partial charge is 0.118 e. The minimum atomic E-state index is -0.310. The molecule has 22 heavy (non-hydrogen) atoms. The molecule has 1 atom stereocenters. The molecular weight excluding hydrogens is 278 g/mol. The quantitative estimate of drug-likeness (QED) is 0.595. The van der Waals surface area contributed by atoms with Crippen LogP contribution in [0.25, 0.3) is 0 Å². The van der Waals surface area contributed by atoms with Crippen molar-refractivity contribution in [1.82, 2.24) is 0 Å². The molecule has 0 aliphatic heterocycles. The molecule has 0 saturated heterocycles. The molecule has 0 bridgehead atoms. The van der Waals surface area contributed by atoms with E-state index in [9.17, 15) is 5.11 Å². The van der Waals surface area contributed by atoms with E-state index in [-0.39, 0.29) is 11.8 Å². The average Bonchev–Trinajstić information content (AvgIpc) is 2.56. The van der Waals surface area contributed by atoms with Crippen molar-refractivity contribution in [3.63, 3.8) is 0 Å². The van der Waals surface area contributed by atoms with Gasteiger partial charge in [0.05, 0.1) is 19.8 Å². The van der Waals surface area contributed by atoms with Crippen LogP contribution in [0, 0.1) is 0 Å². The zero-order chi connectivity index (χ0) is 17.0. The molecule has 0 fully saturated rings. The maximum atomic E-state index is 9.30. The van der Waals surface area contributed by atoms with E-state index in [2.05, 4.69) is 6.58 Å². The van der Waals surface area contributed by atoms with Gasteiger partial charge in [0.1, 0.15) is 11.5 Å². The highest BCUT2D eigenvalue weighted by Crippen LogP contribution is 2.22. The first-order valence-corrected chi connectivity index (χ1v) is 7.23. The lowest BCUT2D eigenvalue weighted by molar-refractivity contribution is 0.220. The molecule has 0 aromatic heterocycles. The summed E-state index contributed by atoms with van der Waals surface area (Å²) in [5.74, 6) is 0.864. The first-order chi connectivity index (χ1) is 10.6. The molecule has 0 radical (unpaired) electrons. The van der Waals surface area contributed by atoms with Crippen molar-refractivity contribution in [2.24, 2.45) is 5.73 Å². The van der Waals surface area contributed by atoms with Crippen LogP contribution < -0.4 is 5.73 Å². The van der Waals surface area contributed by atoms with Crippen LogP contribution in [0.5, 0.6) is 5.75 Å². The van der Waals surface area contributed by atoms with Gasteiger partial charge in [0.25, 0.3) is 0 Å². The van der Waals surface area contributed by atoms with Crippen LogP contribution in [0.3, 0.4) is 0 Å². The van der Waals surface area contributed by atoms with E-state index in [1.165, 1.54) is 0 Å². The number of rotatable bonds is 7. The second kappa shape index (κ2) is 11.6. The molecule has 1 aromatic rings. The van der Waals surface area contributed by atoms with Crippen LogP contribution in [0.4, 0.5) is 0 Å². The number of hydrogen-bond acceptors (Lipinski definition) is 4. The number of methoxy groups -OCH3 is 2. The van der Waals surface area contributed by atoms with Gasteiger partial charge < -0.3 is 20.3 Å². The lowest BCUT2D eigenvalue weighted by Crippen LogP contribution is -2.16. The minimum Gasteiger partial charge on any atom is -0.508 e. The summed E-state index contributed by atoms with van der Waals surface area (Å²) in [5, 5.41) is 9.30. The second-order valence-electron chi connectivity index (χ2n) is 4.22. The van der Waals surface area contributed by atoms with Crippen molar-refractivity contribution in [1.29, 1.82) is 0 Å². The maximum absolute atomic E-state index is 9.30. The second-order valence-corrected chi connectivity index (χ2v) is 4.22. The van der Waals surface area contributed by atoms with Crippen LogP contribution in [-0.4, -0.2) is 25.9 Å². The number of hydrogen-bond donors (Lipinski definition) is 2. The van der Waals surface area contributed by atoms with Gasteiger partial charge in [-0.05, 0) is 35.4 Å². The summed E-state index contributed by atoms with van der Waals surface area (Å²) in [6.07, 6.45) is 5.27. The van der Waals surface area contributed by atoms with Gasteiger partial charge in [-0.1, -0.05) is 38.6 Å². The SMILES string of the molecule is C=C/C(=C\C=C(/COC)C(N)c1ccc(O)cc1)OC.CC. The lowest BCUT2D eigenvalue weighted by Gasteiger charge is -2.16. The number of benzene rings is 1. The average molecular weight is 305 g/mol. The molecule has 1 aromatic carbocycles. The Kier molecular flexibility index (Phi) is 10.5. The van der Waals surface area contributed by atoms with Gasteiger partial charge in [0.2, 0.25) is 0 Å². The van der Waals surface area contributed by atoms with E-state index >= 15 is 0 Å². The number of ether oxygens (including phenoxy) is 2. The number of allylic oxidation sites excluding steroid dienone is 3. The molecule has 1 unspecified atom stereocenters. The van der Waals surface area contributed by atoms with Crippen molar-refractivity contribution in [3.8, 4) is 5.75 Å². The van der Waals surface area contributed by atoms with E-state index in [4.69, 9.17) is 15.2 Å². The standard InChI is InChI=1S/C16H21NO3.C2H6/c1-4-15(20-3)10-7-13(11-19-2)16(17)12-5-8-14(18)9-6-12;1-2/h4-10,16,18H,1,11,17H2,2-3H3;1-2H3/b13-7+,15-10+;. The number of phenols is 1. The Bertz CT molecular complexity index is 490. The molecule has 3 N–H and O–H groups in total. The predicted octanol–water partition coefficient (Wildman–Crippen LogP) is 3.71. The van der Waals surface area contributed by atoms with Crippen LogP contribution in [0.15, 0.2) is 60.4 Å². The Morgan fingerprint density at radius 3 is 2.27 bits per heavy atom. The van der Waals surface area contributed by atoms with Crippen molar-refractivity contribution >= 4 is 0 Å². The summed E-state index contributed by atoms with van der Waals surface area (Å²) >= 11 is 0. The highest BCUT2D eigenvalue weighted by Gasteiger charge is 2.11. The number of phenolic OH excluding ortho intramolecular Hbond substituents is 1. The van der Waals surface area contributed by atoms with Crippen molar-refractivity contribution in [3.05, 3.63) is 66.0 Å². The predicted molar refractivity (Wildman–Crippen MR) is 91.6 cm³/mol. The molecule has 0 spiro atoms. The molecule has 0 aliphatic carbocycles. The first kappa shape index (κ1) is 20.0. The van der Waals surface area contributed by atoms with Gasteiger partial charge in [0, 0.05) is 7.11 Å². The monoisotopic (exact) mass is 305 g/mol. The van der Waals surface area contributed by atoms with Gasteiger partial charge in [0.15, 0.2) is 0 Å². The number of nitrogens with two attached hydrogens (primary N) is 1. The summed E-state index contributed by atoms with van der Waals surface area (Å²) in [4.78, 5) is 0. The fourth-order valence-electron chi connectivity index (χ4n) is 1.71. The maximum Gasteiger partial charge on any atom is 0.118 e. The summed E-state index contributed by atoms with van der Waals surface area (Å²) in [7, 11) is 3.20. The summed E-state index contributed by atoms with van der Waals surface area (Å²) in [5.41, 5.74) is 8.02. The number of aromatic hydroxyl groups is 1. The normalized spacial score (nSPS) is 13.0.